The molecule has 5 nitrogen and oxygen atoms in total. The first-order valence-corrected chi connectivity index (χ1v) is 6.77. The van der Waals surface area contributed by atoms with E-state index in [9.17, 15) is 4.79 Å². The molecule has 1 aromatic rings. The van der Waals surface area contributed by atoms with Crippen molar-refractivity contribution in [3.05, 3.63) is 21.6 Å². The smallest absolute Gasteiger partial charge is 0.287 e. The minimum atomic E-state index is -0.244. The molecule has 2 rings (SSSR count). The highest BCUT2D eigenvalue weighted by molar-refractivity contribution is 6.32. The molecule has 2 atom stereocenters. The highest BCUT2D eigenvalue weighted by atomic mass is 35.5. The Labute approximate surface area is 111 Å². The van der Waals surface area contributed by atoms with Gasteiger partial charge in [-0.1, -0.05) is 18.0 Å². The molecule has 18 heavy (non-hydrogen) atoms. The number of nitrogens with one attached hydrogen (secondary N) is 1. The van der Waals surface area contributed by atoms with Crippen LogP contribution in [0.15, 0.2) is 11.0 Å². The van der Waals surface area contributed by atoms with Crippen LogP contribution in [0, 0.1) is 5.92 Å². The van der Waals surface area contributed by atoms with Gasteiger partial charge in [-0.15, -0.1) is 0 Å². The lowest BCUT2D eigenvalue weighted by molar-refractivity contribution is 0.515. The third kappa shape index (κ3) is 2.52. The van der Waals surface area contributed by atoms with Gasteiger partial charge in [0, 0.05) is 12.6 Å². The van der Waals surface area contributed by atoms with Crippen molar-refractivity contribution >= 4 is 17.3 Å². The lowest BCUT2D eigenvalue weighted by Gasteiger charge is -2.21. The van der Waals surface area contributed by atoms with Crippen LogP contribution in [0.1, 0.15) is 26.2 Å². The number of anilines is 1. The van der Waals surface area contributed by atoms with Crippen molar-refractivity contribution in [3.63, 3.8) is 0 Å². The first-order chi connectivity index (χ1) is 8.67. The number of rotatable bonds is 4. The molecule has 0 saturated heterocycles. The van der Waals surface area contributed by atoms with Gasteiger partial charge in [0.25, 0.3) is 5.56 Å². The standard InChI is InChI=1S/C12H19ClN4O/c1-2-17-12(18)11(13)10(7-15-17)16-9-5-3-4-8(9)6-14/h7-9,16H,2-6,14H2,1H3. The lowest BCUT2D eigenvalue weighted by Crippen LogP contribution is -2.31. The van der Waals surface area contributed by atoms with E-state index in [1.54, 1.807) is 6.20 Å². The maximum atomic E-state index is 11.8. The first-order valence-electron chi connectivity index (χ1n) is 6.39. The number of hydrogen-bond acceptors (Lipinski definition) is 4. The van der Waals surface area contributed by atoms with E-state index in [4.69, 9.17) is 17.3 Å². The molecule has 1 heterocycles. The fourth-order valence-electron chi connectivity index (χ4n) is 2.50. The molecule has 0 radical (unpaired) electrons. The van der Waals surface area contributed by atoms with Gasteiger partial charge in [0.2, 0.25) is 0 Å². The Kier molecular flexibility index (Phi) is 4.24. The fraction of sp³-hybridized carbons (Fsp3) is 0.667. The molecular formula is C12H19ClN4O. The second-order valence-corrected chi connectivity index (χ2v) is 5.05. The van der Waals surface area contributed by atoms with Crippen molar-refractivity contribution in [3.8, 4) is 0 Å². The summed E-state index contributed by atoms with van der Waals surface area (Å²) >= 11 is 6.08. The van der Waals surface area contributed by atoms with Crippen LogP contribution >= 0.6 is 11.6 Å². The second-order valence-electron chi connectivity index (χ2n) is 4.67. The van der Waals surface area contributed by atoms with Crippen molar-refractivity contribution in [1.82, 2.24) is 9.78 Å². The van der Waals surface area contributed by atoms with Crippen LogP contribution < -0.4 is 16.6 Å². The van der Waals surface area contributed by atoms with Crippen molar-refractivity contribution in [1.29, 1.82) is 0 Å². The zero-order valence-electron chi connectivity index (χ0n) is 10.5. The van der Waals surface area contributed by atoms with E-state index < -0.39 is 0 Å². The summed E-state index contributed by atoms with van der Waals surface area (Å²) in [5.74, 6) is 0.453. The second kappa shape index (κ2) is 5.71. The SMILES string of the molecule is CCn1ncc(NC2CCCC2CN)c(Cl)c1=O. The molecule has 1 aliphatic carbocycles. The summed E-state index contributed by atoms with van der Waals surface area (Å²) < 4.78 is 1.35. The lowest BCUT2D eigenvalue weighted by atomic mass is 10.0. The minimum absolute atomic E-state index is 0.217. The third-order valence-corrected chi connectivity index (χ3v) is 3.95. The van der Waals surface area contributed by atoms with Gasteiger partial charge in [-0.2, -0.15) is 5.10 Å². The van der Waals surface area contributed by atoms with E-state index in [1.807, 2.05) is 6.92 Å². The molecule has 6 heteroatoms. The zero-order valence-corrected chi connectivity index (χ0v) is 11.3. The summed E-state index contributed by atoms with van der Waals surface area (Å²) in [4.78, 5) is 11.8. The van der Waals surface area contributed by atoms with Crippen LogP contribution in [-0.2, 0) is 6.54 Å². The third-order valence-electron chi connectivity index (χ3n) is 3.59. The predicted molar refractivity (Wildman–Crippen MR) is 73.0 cm³/mol. The average molecular weight is 271 g/mol. The van der Waals surface area contributed by atoms with Crippen LogP contribution in [0.2, 0.25) is 5.02 Å². The Hall–Kier alpha value is -1.07. The number of nitrogens with two attached hydrogens (primary N) is 1. The summed E-state index contributed by atoms with van der Waals surface area (Å²) in [6, 6.07) is 0.297. The van der Waals surface area contributed by atoms with Crippen LogP contribution in [-0.4, -0.2) is 22.4 Å². The maximum Gasteiger partial charge on any atom is 0.287 e. The molecule has 1 aliphatic rings. The molecule has 0 amide bonds. The largest absolute Gasteiger partial charge is 0.379 e. The number of aromatic nitrogens is 2. The Balaban J connectivity index is 2.19. The van der Waals surface area contributed by atoms with Crippen LogP contribution in [0.4, 0.5) is 5.69 Å². The first kappa shape index (κ1) is 13.4. The van der Waals surface area contributed by atoms with Gasteiger partial charge in [0.05, 0.1) is 11.9 Å². The summed E-state index contributed by atoms with van der Waals surface area (Å²) in [6.07, 6.45) is 4.98. The van der Waals surface area contributed by atoms with E-state index >= 15 is 0 Å². The molecule has 100 valence electrons. The highest BCUT2D eigenvalue weighted by Crippen LogP contribution is 2.29. The summed E-state index contributed by atoms with van der Waals surface area (Å²) in [6.45, 7) is 3.04. The molecule has 0 bridgehead atoms. The number of halogens is 1. The summed E-state index contributed by atoms with van der Waals surface area (Å²) in [5, 5.41) is 7.61. The van der Waals surface area contributed by atoms with Crippen LogP contribution in [0.25, 0.3) is 0 Å². The summed E-state index contributed by atoms with van der Waals surface area (Å²) in [5.41, 5.74) is 6.11. The normalized spacial score (nSPS) is 23.3. The van der Waals surface area contributed by atoms with E-state index in [2.05, 4.69) is 10.4 Å². The van der Waals surface area contributed by atoms with Crippen molar-refractivity contribution < 1.29 is 0 Å². The van der Waals surface area contributed by atoms with Gasteiger partial charge < -0.3 is 11.1 Å². The topological polar surface area (TPSA) is 72.9 Å². The van der Waals surface area contributed by atoms with Crippen LogP contribution in [0.5, 0.6) is 0 Å². The molecular weight excluding hydrogens is 252 g/mol. The molecule has 0 aliphatic heterocycles. The van der Waals surface area contributed by atoms with E-state index in [0.717, 1.165) is 19.3 Å². The summed E-state index contributed by atoms with van der Waals surface area (Å²) in [7, 11) is 0. The monoisotopic (exact) mass is 270 g/mol. The van der Waals surface area contributed by atoms with Gasteiger partial charge in [-0.05, 0) is 32.2 Å². The van der Waals surface area contributed by atoms with E-state index in [-0.39, 0.29) is 10.6 Å². The Bertz CT molecular complexity index is 474. The molecule has 3 N–H and O–H groups in total. The predicted octanol–water partition coefficient (Wildman–Crippen LogP) is 1.46. The maximum absolute atomic E-state index is 11.8. The highest BCUT2D eigenvalue weighted by Gasteiger charge is 2.26. The van der Waals surface area contributed by atoms with E-state index in [0.29, 0.717) is 30.7 Å². The van der Waals surface area contributed by atoms with Crippen molar-refractivity contribution in [2.75, 3.05) is 11.9 Å². The van der Waals surface area contributed by atoms with Gasteiger partial charge in [0.15, 0.2) is 0 Å². The fourth-order valence-corrected chi connectivity index (χ4v) is 2.70. The quantitative estimate of drug-likeness (QED) is 0.869. The molecule has 2 unspecified atom stereocenters. The Morgan fingerprint density at radius 2 is 2.39 bits per heavy atom. The molecule has 1 fully saturated rings. The number of hydrogen-bond donors (Lipinski definition) is 2. The molecule has 1 aromatic heterocycles. The average Bonchev–Trinajstić information content (AvgIpc) is 2.82. The van der Waals surface area contributed by atoms with Gasteiger partial charge in [0.1, 0.15) is 5.02 Å². The Morgan fingerprint density at radius 3 is 3.06 bits per heavy atom. The van der Waals surface area contributed by atoms with Gasteiger partial charge >= 0.3 is 0 Å². The molecule has 1 saturated carbocycles. The number of aryl methyl sites for hydroxylation is 1. The van der Waals surface area contributed by atoms with Crippen molar-refractivity contribution in [2.24, 2.45) is 11.7 Å². The Morgan fingerprint density at radius 1 is 1.61 bits per heavy atom. The van der Waals surface area contributed by atoms with Gasteiger partial charge in [-0.3, -0.25) is 4.79 Å². The molecule has 0 spiro atoms. The molecule has 0 aromatic carbocycles. The van der Waals surface area contributed by atoms with Crippen LogP contribution in [0.3, 0.4) is 0 Å². The van der Waals surface area contributed by atoms with Crippen molar-refractivity contribution in [2.45, 2.75) is 38.8 Å². The van der Waals surface area contributed by atoms with Gasteiger partial charge in [-0.25, -0.2) is 4.68 Å². The zero-order chi connectivity index (χ0) is 13.1. The minimum Gasteiger partial charge on any atom is -0.379 e. The van der Waals surface area contributed by atoms with E-state index in [1.165, 1.54) is 4.68 Å². The number of nitrogens with zero attached hydrogens (tertiary/aromatic N) is 2.